The van der Waals surface area contributed by atoms with Crippen molar-refractivity contribution < 1.29 is 30.3 Å². The Morgan fingerprint density at radius 3 is 2.00 bits per heavy atom. The van der Waals surface area contributed by atoms with Crippen molar-refractivity contribution in [2.75, 3.05) is 6.61 Å². The molecule has 0 radical (unpaired) electrons. The Hall–Kier alpha value is -0.0500. The minimum Gasteiger partial charge on any atom is -0.394 e. The number of halogens is 1. The summed E-state index contributed by atoms with van der Waals surface area (Å²) in [6.07, 6.45) is -7.02. The van der Waals surface area contributed by atoms with Crippen LogP contribution in [0.2, 0.25) is 0 Å². The molecule has 0 aliphatic heterocycles. The number of carbonyl (C=O) groups is 1. The van der Waals surface area contributed by atoms with E-state index in [-0.39, 0.29) is 0 Å². The van der Waals surface area contributed by atoms with Gasteiger partial charge in [-0.25, -0.2) is 0 Å². The number of rotatable bonds is 6. The Labute approximate surface area is 95.3 Å². The molecular formula is C8H15BrO6. The Bertz CT molecular complexity index is 209. The van der Waals surface area contributed by atoms with Crippen molar-refractivity contribution in [2.45, 2.75) is 36.2 Å². The molecule has 7 heteroatoms. The quantitative estimate of drug-likeness (QED) is 0.353. The predicted molar refractivity (Wildman–Crippen MR) is 54.5 cm³/mol. The van der Waals surface area contributed by atoms with Gasteiger partial charge in [0.15, 0.2) is 5.78 Å². The van der Waals surface area contributed by atoms with Gasteiger partial charge in [-0.05, 0) is 6.92 Å². The van der Waals surface area contributed by atoms with E-state index in [0.717, 1.165) is 0 Å². The molecule has 0 aromatic carbocycles. The molecule has 5 atom stereocenters. The number of ketones is 1. The molecule has 0 saturated carbocycles. The van der Waals surface area contributed by atoms with Crippen LogP contribution in [0.4, 0.5) is 0 Å². The third-order valence-corrected chi connectivity index (χ3v) is 2.39. The fourth-order valence-corrected chi connectivity index (χ4v) is 1.20. The Kier molecular flexibility index (Phi) is 6.49. The number of carbonyl (C=O) groups excluding carboxylic acids is 1. The molecule has 0 aromatic rings. The molecule has 0 amide bonds. The Balaban J connectivity index is 4.43. The van der Waals surface area contributed by atoms with Crippen molar-refractivity contribution in [3.63, 3.8) is 0 Å². The number of aliphatic hydroxyl groups excluding tert-OH is 5. The fourth-order valence-electron chi connectivity index (χ4n) is 0.926. The van der Waals surface area contributed by atoms with Crippen molar-refractivity contribution in [2.24, 2.45) is 0 Å². The molecule has 0 aliphatic rings. The number of aliphatic hydroxyl groups is 5. The minimum absolute atomic E-state index is 0.680. The van der Waals surface area contributed by atoms with Crippen molar-refractivity contribution in [3.05, 3.63) is 0 Å². The van der Waals surface area contributed by atoms with E-state index in [1.54, 1.807) is 0 Å². The van der Waals surface area contributed by atoms with Gasteiger partial charge < -0.3 is 25.5 Å². The monoisotopic (exact) mass is 286 g/mol. The van der Waals surface area contributed by atoms with Crippen LogP contribution < -0.4 is 0 Å². The van der Waals surface area contributed by atoms with Gasteiger partial charge in [0.25, 0.3) is 0 Å². The van der Waals surface area contributed by atoms with E-state index in [0.29, 0.717) is 0 Å². The van der Waals surface area contributed by atoms with Gasteiger partial charge in [-0.15, -0.1) is 0 Å². The molecule has 1 unspecified atom stereocenters. The maximum Gasteiger partial charge on any atom is 0.177 e. The summed E-state index contributed by atoms with van der Waals surface area (Å²) < 4.78 is 0. The summed E-state index contributed by atoms with van der Waals surface area (Å²) in [7, 11) is 0. The van der Waals surface area contributed by atoms with Crippen LogP contribution in [-0.2, 0) is 4.79 Å². The lowest BCUT2D eigenvalue weighted by Crippen LogP contribution is -2.49. The minimum atomic E-state index is -1.83. The average Bonchev–Trinajstić information content (AvgIpc) is 2.23. The van der Waals surface area contributed by atoms with Crippen LogP contribution in [0.15, 0.2) is 0 Å². The van der Waals surface area contributed by atoms with E-state index in [9.17, 15) is 20.1 Å². The standard InChI is InChI=1S/C8H15BrO6/c1-3(9)5(12)7(14)8(15)6(13)4(11)2-10/h3-4,6-8,10-11,13-15H,2H2,1H3/t3?,4-,6-,7+,8+/m1/s1. The molecule has 0 rings (SSSR count). The van der Waals surface area contributed by atoms with Crippen LogP contribution in [-0.4, -0.2) is 67.2 Å². The molecule has 0 bridgehead atoms. The second kappa shape index (κ2) is 6.51. The van der Waals surface area contributed by atoms with Crippen molar-refractivity contribution in [1.29, 1.82) is 0 Å². The SMILES string of the molecule is CC(Br)C(=O)[C@H](O)[C@@H](O)[C@H](O)[C@H](O)CO. The van der Waals surface area contributed by atoms with Gasteiger partial charge in [-0.1, -0.05) is 15.9 Å². The molecule has 5 N–H and O–H groups in total. The molecule has 0 fully saturated rings. The van der Waals surface area contributed by atoms with E-state index < -0.39 is 41.6 Å². The van der Waals surface area contributed by atoms with Crippen LogP contribution in [0.3, 0.4) is 0 Å². The summed E-state index contributed by atoms with van der Waals surface area (Å²) in [5.74, 6) is -0.716. The molecular weight excluding hydrogens is 272 g/mol. The molecule has 0 aromatic heterocycles. The van der Waals surface area contributed by atoms with E-state index in [2.05, 4.69) is 15.9 Å². The maximum absolute atomic E-state index is 11.2. The lowest BCUT2D eigenvalue weighted by molar-refractivity contribution is -0.146. The number of Topliss-reactive ketones (excluding diaryl/α,β-unsaturated/α-hetero) is 1. The summed E-state index contributed by atoms with van der Waals surface area (Å²) >= 11 is 2.90. The van der Waals surface area contributed by atoms with Gasteiger partial charge in [0.1, 0.15) is 24.4 Å². The van der Waals surface area contributed by atoms with Crippen molar-refractivity contribution >= 4 is 21.7 Å². The highest BCUT2D eigenvalue weighted by molar-refractivity contribution is 9.10. The highest BCUT2D eigenvalue weighted by Gasteiger charge is 2.35. The highest BCUT2D eigenvalue weighted by atomic mass is 79.9. The molecule has 6 nitrogen and oxygen atoms in total. The number of alkyl halides is 1. The van der Waals surface area contributed by atoms with Crippen molar-refractivity contribution in [1.82, 2.24) is 0 Å². The fraction of sp³-hybridized carbons (Fsp3) is 0.875. The lowest BCUT2D eigenvalue weighted by atomic mass is 9.99. The molecule has 0 spiro atoms. The summed E-state index contributed by atoms with van der Waals surface area (Å²) in [6, 6.07) is 0. The molecule has 0 aliphatic carbocycles. The lowest BCUT2D eigenvalue weighted by Gasteiger charge is -2.25. The van der Waals surface area contributed by atoms with E-state index in [1.165, 1.54) is 6.92 Å². The predicted octanol–water partition coefficient (Wildman–Crippen LogP) is -2.23. The summed E-state index contributed by atoms with van der Waals surface area (Å²) in [5, 5.41) is 45.2. The Morgan fingerprint density at radius 2 is 1.67 bits per heavy atom. The maximum atomic E-state index is 11.2. The second-order valence-corrected chi connectivity index (χ2v) is 4.57. The van der Waals surface area contributed by atoms with Crippen LogP contribution in [0.1, 0.15) is 6.92 Å². The largest absolute Gasteiger partial charge is 0.394 e. The average molecular weight is 287 g/mol. The first-order chi connectivity index (χ1) is 6.82. The van der Waals surface area contributed by atoms with Gasteiger partial charge in [0.2, 0.25) is 0 Å². The summed E-state index contributed by atoms with van der Waals surface area (Å²) in [4.78, 5) is 10.5. The smallest absolute Gasteiger partial charge is 0.177 e. The zero-order valence-corrected chi connectivity index (χ0v) is 9.70. The third kappa shape index (κ3) is 4.13. The second-order valence-electron chi connectivity index (χ2n) is 3.19. The highest BCUT2D eigenvalue weighted by Crippen LogP contribution is 2.10. The first kappa shape index (κ1) is 14.9. The van der Waals surface area contributed by atoms with Gasteiger partial charge in [-0.2, -0.15) is 0 Å². The van der Waals surface area contributed by atoms with Crippen LogP contribution in [0.25, 0.3) is 0 Å². The number of hydrogen-bond acceptors (Lipinski definition) is 6. The van der Waals surface area contributed by atoms with E-state index in [1.807, 2.05) is 0 Å². The van der Waals surface area contributed by atoms with E-state index >= 15 is 0 Å². The first-order valence-corrected chi connectivity index (χ1v) is 5.25. The van der Waals surface area contributed by atoms with Crippen LogP contribution >= 0.6 is 15.9 Å². The third-order valence-electron chi connectivity index (χ3n) is 1.94. The summed E-state index contributed by atoms with van der Waals surface area (Å²) in [5.41, 5.74) is 0. The summed E-state index contributed by atoms with van der Waals surface area (Å²) in [6.45, 7) is 0.677. The van der Waals surface area contributed by atoms with Gasteiger partial charge in [0, 0.05) is 0 Å². The molecule has 15 heavy (non-hydrogen) atoms. The normalized spacial score (nSPS) is 21.5. The molecule has 0 saturated heterocycles. The zero-order chi connectivity index (χ0) is 12.2. The van der Waals surface area contributed by atoms with Crippen molar-refractivity contribution in [3.8, 4) is 0 Å². The van der Waals surface area contributed by atoms with Gasteiger partial charge >= 0.3 is 0 Å². The Morgan fingerprint density at radius 1 is 1.20 bits per heavy atom. The van der Waals surface area contributed by atoms with Gasteiger partial charge in [0.05, 0.1) is 11.4 Å². The number of hydrogen-bond donors (Lipinski definition) is 5. The van der Waals surface area contributed by atoms with Gasteiger partial charge in [-0.3, -0.25) is 4.79 Å². The van der Waals surface area contributed by atoms with Crippen LogP contribution in [0, 0.1) is 0 Å². The topological polar surface area (TPSA) is 118 Å². The molecule has 90 valence electrons. The van der Waals surface area contributed by atoms with E-state index in [4.69, 9.17) is 10.2 Å². The molecule has 0 heterocycles. The van der Waals surface area contributed by atoms with Crippen LogP contribution in [0.5, 0.6) is 0 Å². The first-order valence-electron chi connectivity index (χ1n) is 4.33. The zero-order valence-electron chi connectivity index (χ0n) is 8.12.